The predicted octanol–water partition coefficient (Wildman–Crippen LogP) is 7.74. The summed E-state index contributed by atoms with van der Waals surface area (Å²) in [5.41, 5.74) is 3.00. The first-order chi connectivity index (χ1) is 20.8. The van der Waals surface area contributed by atoms with Crippen LogP contribution in [0.4, 0.5) is 13.2 Å². The predicted molar refractivity (Wildman–Crippen MR) is 158 cm³/mol. The third-order valence-electron chi connectivity index (χ3n) is 7.74. The number of rotatable bonds is 2. The molecule has 0 atom stereocenters. The lowest BCUT2D eigenvalue weighted by Gasteiger charge is -2.07. The summed E-state index contributed by atoms with van der Waals surface area (Å²) in [6.45, 7) is 9.43. The Morgan fingerprint density at radius 2 is 1.21 bits per heavy atom. The van der Waals surface area contributed by atoms with Gasteiger partial charge in [-0.25, -0.2) is 0 Å². The Balaban J connectivity index is 1.48. The van der Waals surface area contributed by atoms with Crippen LogP contribution in [0.2, 0.25) is 0 Å². The Labute approximate surface area is 241 Å². The molecule has 2 heterocycles. The summed E-state index contributed by atoms with van der Waals surface area (Å²) in [4.78, 5) is 15.5. The zero-order chi connectivity index (χ0) is 29.9. The molecule has 0 spiro atoms. The fourth-order valence-corrected chi connectivity index (χ4v) is 5.74. The maximum atomic E-state index is 13.0. The summed E-state index contributed by atoms with van der Waals surface area (Å²) >= 11 is 0. The number of hydrogen-bond acceptors (Lipinski definition) is 5. The molecule has 0 bridgehead atoms. The first-order valence-corrected chi connectivity index (χ1v) is 13.1. The van der Waals surface area contributed by atoms with Gasteiger partial charge in [-0.1, -0.05) is 36.4 Å². The molecular formula is C34H17F3N6. The van der Waals surface area contributed by atoms with E-state index in [1.807, 2.05) is 73.9 Å². The van der Waals surface area contributed by atoms with Crippen molar-refractivity contribution in [2.75, 3.05) is 0 Å². The lowest BCUT2D eigenvalue weighted by atomic mass is 10.0. The highest BCUT2D eigenvalue weighted by molar-refractivity contribution is 6.21. The maximum Gasteiger partial charge on any atom is 0.433 e. The van der Waals surface area contributed by atoms with E-state index in [-0.39, 0.29) is 0 Å². The van der Waals surface area contributed by atoms with Crippen molar-refractivity contribution >= 4 is 43.1 Å². The van der Waals surface area contributed by atoms with Crippen LogP contribution in [-0.4, -0.2) is 9.97 Å². The molecule has 0 aliphatic heterocycles. The highest BCUT2D eigenvalue weighted by Gasteiger charge is 2.32. The number of aromatic nitrogens is 2. The van der Waals surface area contributed by atoms with Crippen molar-refractivity contribution in [3.63, 3.8) is 0 Å². The van der Waals surface area contributed by atoms with Crippen molar-refractivity contribution in [1.29, 1.82) is 5.26 Å². The van der Waals surface area contributed by atoms with E-state index >= 15 is 0 Å². The van der Waals surface area contributed by atoms with E-state index in [9.17, 15) is 18.4 Å². The van der Waals surface area contributed by atoms with Crippen LogP contribution < -0.4 is 10.7 Å². The summed E-state index contributed by atoms with van der Waals surface area (Å²) < 4.78 is 39.1. The van der Waals surface area contributed by atoms with Crippen LogP contribution in [0, 0.1) is 25.0 Å². The highest BCUT2D eigenvalue weighted by Crippen LogP contribution is 2.35. The fourth-order valence-electron chi connectivity index (χ4n) is 5.74. The Kier molecular flexibility index (Phi) is 5.79. The number of halogens is 3. The third-order valence-corrected chi connectivity index (χ3v) is 7.74. The average Bonchev–Trinajstić information content (AvgIpc) is 3.47. The molecule has 204 valence electrons. The molecule has 0 saturated heterocycles. The molecule has 43 heavy (non-hydrogen) atoms. The quantitative estimate of drug-likeness (QED) is 0.122. The summed E-state index contributed by atoms with van der Waals surface area (Å²) in [5.74, 6) is 0. The molecule has 0 amide bonds. The van der Waals surface area contributed by atoms with Crippen molar-refractivity contribution in [1.82, 2.24) is 9.97 Å². The molecular weight excluding hydrogens is 549 g/mol. The van der Waals surface area contributed by atoms with Crippen molar-refractivity contribution in [3.05, 3.63) is 119 Å². The van der Waals surface area contributed by atoms with E-state index in [1.165, 1.54) is 12.3 Å². The van der Waals surface area contributed by atoms with Gasteiger partial charge >= 0.3 is 6.18 Å². The van der Waals surface area contributed by atoms with Gasteiger partial charge in [0.25, 0.3) is 0 Å². The summed E-state index contributed by atoms with van der Waals surface area (Å²) in [6, 6.07) is 21.7. The van der Waals surface area contributed by atoms with Crippen LogP contribution in [0.5, 0.6) is 0 Å². The summed E-state index contributed by atoms with van der Waals surface area (Å²) in [6.07, 6.45) is 0.375. The maximum absolute atomic E-state index is 13.0. The second-order valence-corrected chi connectivity index (χ2v) is 10.2. The number of nitriles is 1. The molecule has 7 rings (SSSR count). The molecule has 0 aliphatic rings. The highest BCUT2D eigenvalue weighted by atomic mass is 19.4. The Hall–Kier alpha value is -5.93. The van der Waals surface area contributed by atoms with E-state index in [0.717, 1.165) is 60.6 Å². The SMILES string of the molecule is [C-]#[N+]/N=c1\c2cc(-c3ccc(C)nc3)ccc2c2cc3/c(=N/C#N)c4cc(-c5ccc(C(F)(F)F)nc5)ccc4c3cc12. The zero-order valence-electron chi connectivity index (χ0n) is 22.4. The monoisotopic (exact) mass is 566 g/mol. The van der Waals surface area contributed by atoms with Gasteiger partial charge < -0.3 is 0 Å². The molecule has 0 fully saturated rings. The first-order valence-electron chi connectivity index (χ1n) is 13.1. The standard InChI is InChI=1S/C34H17F3N6/c1-18-3-4-21(15-40-18)20-6-9-24-26-13-29-25(14-30(26)33(43-39-2)28(24)12-20)23-8-5-19(11-27(23)32(29)42-17-38)22-7-10-31(41-16-22)34(35,36)37/h3-16H,1H3/b42-32+,43-33+. The Morgan fingerprint density at radius 3 is 1.72 bits per heavy atom. The van der Waals surface area contributed by atoms with Crippen LogP contribution in [0.15, 0.2) is 95.3 Å². The van der Waals surface area contributed by atoms with Gasteiger partial charge in [0.15, 0.2) is 5.36 Å². The van der Waals surface area contributed by atoms with Gasteiger partial charge in [0.2, 0.25) is 6.19 Å². The molecule has 2 aromatic heterocycles. The topological polar surface area (TPSA) is 78.6 Å². The number of aryl methyl sites for hydroxylation is 1. The minimum absolute atomic E-state index is 0.469. The number of pyridine rings is 2. The second kappa shape index (κ2) is 9.57. The molecule has 0 radical (unpaired) electrons. The Bertz CT molecular complexity index is 2450. The average molecular weight is 567 g/mol. The molecule has 0 N–H and O–H groups in total. The van der Waals surface area contributed by atoms with Gasteiger partial charge in [-0.2, -0.15) is 30.0 Å². The van der Waals surface area contributed by atoms with E-state index in [1.54, 1.807) is 6.07 Å². The van der Waals surface area contributed by atoms with Crippen molar-refractivity contribution in [3.8, 4) is 28.4 Å². The van der Waals surface area contributed by atoms with E-state index in [2.05, 4.69) is 25.0 Å². The molecule has 0 saturated carbocycles. The molecule has 0 aliphatic carbocycles. The van der Waals surface area contributed by atoms with Gasteiger partial charge in [0, 0.05) is 50.8 Å². The Morgan fingerprint density at radius 1 is 0.674 bits per heavy atom. The lowest BCUT2D eigenvalue weighted by Crippen LogP contribution is -2.07. The summed E-state index contributed by atoms with van der Waals surface area (Å²) in [7, 11) is 0. The molecule has 5 aromatic carbocycles. The van der Waals surface area contributed by atoms with E-state index < -0.39 is 11.9 Å². The third kappa shape index (κ3) is 4.18. The molecule has 0 unspecified atom stereocenters. The normalized spacial score (nSPS) is 12.9. The van der Waals surface area contributed by atoms with Crippen LogP contribution in [0.1, 0.15) is 11.4 Å². The number of fused-ring (bicyclic) bond motifs is 6. The van der Waals surface area contributed by atoms with Gasteiger partial charge in [0.05, 0.1) is 10.5 Å². The zero-order valence-corrected chi connectivity index (χ0v) is 22.4. The van der Waals surface area contributed by atoms with Gasteiger partial charge in [0.1, 0.15) is 5.69 Å². The van der Waals surface area contributed by atoms with Gasteiger partial charge in [-0.3, -0.25) is 9.97 Å². The van der Waals surface area contributed by atoms with Crippen LogP contribution in [0.3, 0.4) is 0 Å². The van der Waals surface area contributed by atoms with E-state index in [0.29, 0.717) is 27.2 Å². The number of benzene rings is 3. The molecule has 7 aromatic rings. The largest absolute Gasteiger partial charge is 0.433 e. The summed E-state index contributed by atoms with van der Waals surface area (Å²) in [5, 5.41) is 21.3. The smallest absolute Gasteiger partial charge is 0.261 e. The minimum atomic E-state index is -4.53. The van der Waals surface area contributed by atoms with Crippen LogP contribution >= 0.6 is 0 Å². The number of hydrogen-bond donors (Lipinski definition) is 0. The second-order valence-electron chi connectivity index (χ2n) is 10.2. The molecule has 6 nitrogen and oxygen atoms in total. The van der Waals surface area contributed by atoms with Crippen LogP contribution in [-0.2, 0) is 6.18 Å². The van der Waals surface area contributed by atoms with E-state index in [4.69, 9.17) is 6.57 Å². The number of alkyl halides is 3. The van der Waals surface area contributed by atoms with Crippen molar-refractivity contribution < 1.29 is 13.2 Å². The van der Waals surface area contributed by atoms with Gasteiger partial charge in [-0.15, -0.1) is 4.95 Å². The molecule has 9 heteroatoms. The van der Waals surface area contributed by atoms with Crippen molar-refractivity contribution in [2.45, 2.75) is 13.1 Å². The number of nitrogens with zero attached hydrogens (tertiary/aromatic N) is 6. The minimum Gasteiger partial charge on any atom is -0.261 e. The fraction of sp³-hybridized carbons (Fsp3) is 0.0588. The lowest BCUT2D eigenvalue weighted by molar-refractivity contribution is -0.141. The van der Waals surface area contributed by atoms with Crippen LogP contribution in [0.25, 0.3) is 70.3 Å². The van der Waals surface area contributed by atoms with Crippen molar-refractivity contribution in [2.24, 2.45) is 10.1 Å². The first kappa shape index (κ1) is 26.0. The van der Waals surface area contributed by atoms with Gasteiger partial charge in [-0.05, 0) is 76.0 Å².